The van der Waals surface area contributed by atoms with Gasteiger partial charge < -0.3 is 10.1 Å². The molecule has 27 heavy (non-hydrogen) atoms. The Bertz CT molecular complexity index is 773. The average molecular weight is 388 g/mol. The summed E-state index contributed by atoms with van der Waals surface area (Å²) in [6, 6.07) is 9.01. The Morgan fingerprint density at radius 3 is 2.33 bits per heavy atom. The van der Waals surface area contributed by atoms with E-state index < -0.39 is 6.04 Å². The minimum Gasteiger partial charge on any atom is -0.469 e. The van der Waals surface area contributed by atoms with E-state index in [9.17, 15) is 9.59 Å². The molecule has 0 saturated heterocycles. The number of esters is 1. The molecule has 1 aromatic heterocycles. The Morgan fingerprint density at radius 1 is 1.15 bits per heavy atom. The predicted octanol–water partition coefficient (Wildman–Crippen LogP) is 3.17. The van der Waals surface area contributed by atoms with Crippen LogP contribution in [0.4, 0.5) is 0 Å². The highest BCUT2D eigenvalue weighted by Crippen LogP contribution is 2.19. The van der Waals surface area contributed by atoms with Gasteiger partial charge in [0, 0.05) is 17.8 Å². The van der Waals surface area contributed by atoms with Crippen molar-refractivity contribution in [3.8, 4) is 0 Å². The first-order valence-electron chi connectivity index (χ1n) is 8.73. The van der Waals surface area contributed by atoms with Crippen LogP contribution in [0.3, 0.4) is 0 Å². The van der Waals surface area contributed by atoms with Crippen molar-refractivity contribution in [3.63, 3.8) is 0 Å². The molecule has 6 nitrogen and oxygen atoms in total. The fourth-order valence-electron chi connectivity index (χ4n) is 2.85. The van der Waals surface area contributed by atoms with E-state index >= 15 is 0 Å². The number of amides is 1. The summed E-state index contributed by atoms with van der Waals surface area (Å²) in [5, 5.41) is 3.68. The molecule has 1 heterocycles. The fourth-order valence-corrected chi connectivity index (χ4v) is 3.31. The Kier molecular flexibility index (Phi) is 7.79. The van der Waals surface area contributed by atoms with Gasteiger partial charge >= 0.3 is 5.97 Å². The van der Waals surface area contributed by atoms with Crippen molar-refractivity contribution in [2.75, 3.05) is 13.4 Å². The Hall–Kier alpha value is -2.41. The second-order valence-corrected chi connectivity index (χ2v) is 6.94. The van der Waals surface area contributed by atoms with Crippen molar-refractivity contribution < 1.29 is 14.3 Å². The van der Waals surface area contributed by atoms with Crippen molar-refractivity contribution >= 4 is 23.6 Å². The largest absolute Gasteiger partial charge is 0.469 e. The van der Waals surface area contributed by atoms with Gasteiger partial charge in [-0.05, 0) is 37.7 Å². The second-order valence-electron chi connectivity index (χ2n) is 6.17. The molecule has 7 heteroatoms. The molecule has 1 amide bonds. The Labute approximate surface area is 164 Å². The summed E-state index contributed by atoms with van der Waals surface area (Å²) in [5.41, 5.74) is 3.66. The number of carbonyl (C=O) groups excluding carboxylic acids is 2. The van der Waals surface area contributed by atoms with Gasteiger partial charge in [-0.2, -0.15) is 0 Å². The molecule has 2 rings (SSSR count). The number of carbonyl (C=O) groups is 2. The Morgan fingerprint density at radius 2 is 1.78 bits per heavy atom. The van der Waals surface area contributed by atoms with Gasteiger partial charge in [0.05, 0.1) is 19.6 Å². The van der Waals surface area contributed by atoms with Crippen LogP contribution in [0.25, 0.3) is 0 Å². The minimum atomic E-state index is -0.413. The third kappa shape index (κ3) is 6.06. The summed E-state index contributed by atoms with van der Waals surface area (Å²) in [7, 11) is 1.34. The van der Waals surface area contributed by atoms with Gasteiger partial charge in [0.2, 0.25) is 5.91 Å². The predicted molar refractivity (Wildman–Crippen MR) is 106 cm³/mol. The maximum atomic E-state index is 12.5. The number of methoxy groups -OCH3 is 1. The summed E-state index contributed by atoms with van der Waals surface area (Å²) >= 11 is 1.50. The molecule has 0 radical (unpaired) electrons. The monoisotopic (exact) mass is 387 g/mol. The van der Waals surface area contributed by atoms with Crippen molar-refractivity contribution in [2.45, 2.75) is 44.3 Å². The van der Waals surface area contributed by atoms with Crippen LogP contribution >= 0.6 is 11.8 Å². The summed E-state index contributed by atoms with van der Waals surface area (Å²) < 4.78 is 4.76. The summed E-state index contributed by atoms with van der Waals surface area (Å²) in [4.78, 5) is 33.1. The highest BCUT2D eigenvalue weighted by Gasteiger charge is 2.19. The molecule has 0 saturated carbocycles. The van der Waals surface area contributed by atoms with E-state index in [2.05, 4.69) is 15.3 Å². The minimum absolute atomic E-state index is 0.0931. The molecule has 144 valence electrons. The molecular formula is C20H25N3O3S. The molecule has 1 N–H and O–H groups in total. The first-order chi connectivity index (χ1) is 12.9. The van der Waals surface area contributed by atoms with Crippen LogP contribution in [0, 0.1) is 13.8 Å². The quantitative estimate of drug-likeness (QED) is 0.426. The highest BCUT2D eigenvalue weighted by atomic mass is 32.2. The first kappa shape index (κ1) is 20.9. The van der Waals surface area contributed by atoms with Gasteiger partial charge in [-0.15, -0.1) is 0 Å². The molecule has 0 fully saturated rings. The highest BCUT2D eigenvalue weighted by molar-refractivity contribution is 7.98. The van der Waals surface area contributed by atoms with Gasteiger partial charge in [-0.1, -0.05) is 42.1 Å². The third-order valence-electron chi connectivity index (χ3n) is 4.32. The smallest absolute Gasteiger partial charge is 0.307 e. The number of hydrogen-bond acceptors (Lipinski definition) is 6. The zero-order valence-electron chi connectivity index (χ0n) is 16.1. The molecule has 0 aliphatic rings. The number of benzene rings is 1. The number of hydrogen-bond donors (Lipinski definition) is 1. The van der Waals surface area contributed by atoms with Crippen molar-refractivity contribution in [2.24, 2.45) is 0 Å². The molecule has 0 spiro atoms. The van der Waals surface area contributed by atoms with Crippen LogP contribution in [0.15, 0.2) is 35.5 Å². The molecule has 0 aliphatic heterocycles. The van der Waals surface area contributed by atoms with E-state index in [4.69, 9.17) is 4.74 Å². The molecule has 2 aromatic rings. The van der Waals surface area contributed by atoms with E-state index in [1.807, 2.05) is 50.4 Å². The van der Waals surface area contributed by atoms with Crippen LogP contribution in [0.5, 0.6) is 0 Å². The molecule has 0 aliphatic carbocycles. The SMILES string of the molecule is COC(=O)CC(NC(=O)CCc1c(C)nc(SC)nc1C)c1ccccc1. The van der Waals surface area contributed by atoms with E-state index in [1.54, 1.807) is 0 Å². The van der Waals surface area contributed by atoms with E-state index in [0.29, 0.717) is 12.8 Å². The maximum absolute atomic E-state index is 12.5. The maximum Gasteiger partial charge on any atom is 0.307 e. The van der Waals surface area contributed by atoms with Crippen molar-refractivity contribution in [1.29, 1.82) is 0 Å². The van der Waals surface area contributed by atoms with Crippen LogP contribution in [-0.4, -0.2) is 35.2 Å². The number of nitrogens with one attached hydrogen (secondary N) is 1. The number of aromatic nitrogens is 2. The molecule has 1 unspecified atom stereocenters. The molecule has 1 atom stereocenters. The van der Waals surface area contributed by atoms with Crippen LogP contribution in [-0.2, 0) is 20.7 Å². The average Bonchev–Trinajstić information content (AvgIpc) is 2.67. The lowest BCUT2D eigenvalue weighted by Gasteiger charge is -2.18. The van der Waals surface area contributed by atoms with Gasteiger partial charge in [-0.3, -0.25) is 9.59 Å². The lowest BCUT2D eigenvalue weighted by atomic mass is 10.0. The first-order valence-corrected chi connectivity index (χ1v) is 9.96. The summed E-state index contributed by atoms with van der Waals surface area (Å²) in [6.45, 7) is 3.87. The molecular weight excluding hydrogens is 362 g/mol. The van der Waals surface area contributed by atoms with Crippen LogP contribution in [0.2, 0.25) is 0 Å². The normalized spacial score (nSPS) is 11.7. The van der Waals surface area contributed by atoms with Gasteiger partial charge in [0.15, 0.2) is 5.16 Å². The second kappa shape index (κ2) is 10.1. The zero-order chi connectivity index (χ0) is 19.8. The van der Waals surface area contributed by atoms with Gasteiger partial charge in [0.25, 0.3) is 0 Å². The molecule has 0 bridgehead atoms. The lowest BCUT2D eigenvalue weighted by Crippen LogP contribution is -2.30. The molecule has 1 aromatic carbocycles. The van der Waals surface area contributed by atoms with Crippen molar-refractivity contribution in [1.82, 2.24) is 15.3 Å². The van der Waals surface area contributed by atoms with E-state index in [1.165, 1.54) is 18.9 Å². The topological polar surface area (TPSA) is 81.2 Å². The van der Waals surface area contributed by atoms with Gasteiger partial charge in [0.1, 0.15) is 0 Å². The summed E-state index contributed by atoms with van der Waals surface area (Å²) in [5.74, 6) is -0.489. The fraction of sp³-hybridized carbons (Fsp3) is 0.400. The standard InChI is InChI=1S/C20H25N3O3S/c1-13-16(14(2)22-20(21-13)27-4)10-11-18(24)23-17(12-19(25)26-3)15-8-6-5-7-9-15/h5-9,17H,10-12H2,1-4H3,(H,23,24). The number of aryl methyl sites for hydroxylation is 2. The number of nitrogens with zero attached hydrogens (tertiary/aromatic N) is 2. The zero-order valence-corrected chi connectivity index (χ0v) is 16.9. The van der Waals surface area contributed by atoms with Gasteiger partial charge in [-0.25, -0.2) is 9.97 Å². The van der Waals surface area contributed by atoms with Crippen molar-refractivity contribution in [3.05, 3.63) is 52.8 Å². The van der Waals surface area contributed by atoms with Crippen LogP contribution < -0.4 is 5.32 Å². The Balaban J connectivity index is 2.05. The number of ether oxygens (including phenoxy) is 1. The number of rotatable bonds is 8. The summed E-state index contributed by atoms with van der Waals surface area (Å²) in [6.07, 6.45) is 2.88. The van der Waals surface area contributed by atoms with Crippen LogP contribution in [0.1, 0.15) is 41.4 Å². The third-order valence-corrected chi connectivity index (χ3v) is 4.87. The van der Waals surface area contributed by atoms with E-state index in [0.717, 1.165) is 27.7 Å². The van der Waals surface area contributed by atoms with E-state index in [-0.39, 0.29) is 18.3 Å². The number of thioether (sulfide) groups is 1. The lowest BCUT2D eigenvalue weighted by molar-refractivity contribution is -0.141.